The van der Waals surface area contributed by atoms with Crippen LogP contribution in [0.3, 0.4) is 0 Å². The molecule has 4 rings (SSSR count). The highest BCUT2D eigenvalue weighted by molar-refractivity contribution is 7.89. The Morgan fingerprint density at radius 3 is 2.61 bits per heavy atom. The van der Waals surface area contributed by atoms with Crippen LogP contribution in [-0.2, 0) is 27.5 Å². The topological polar surface area (TPSA) is 79.5 Å². The lowest BCUT2D eigenvalue weighted by Gasteiger charge is -2.25. The minimum Gasteiger partial charge on any atom is -0.377 e. The molecule has 0 saturated carbocycles. The molecule has 0 amide bonds. The summed E-state index contributed by atoms with van der Waals surface area (Å²) in [7, 11) is -4.35. The van der Waals surface area contributed by atoms with E-state index in [2.05, 4.69) is 4.98 Å². The monoisotopic (exact) mass is 480 g/mol. The van der Waals surface area contributed by atoms with Gasteiger partial charge in [-0.25, -0.2) is 8.42 Å². The number of para-hydroxylation sites is 1. The number of alkyl halides is 3. The van der Waals surface area contributed by atoms with Crippen LogP contribution in [-0.4, -0.2) is 37.0 Å². The number of hydrogen-bond acceptors (Lipinski definition) is 4. The second kappa shape index (κ2) is 8.92. The normalized spacial score (nSPS) is 17.2. The summed E-state index contributed by atoms with van der Waals surface area (Å²) in [6.45, 7) is 1.97. The second-order valence-corrected chi connectivity index (χ2v) is 10.1. The SMILES string of the molecule is Cc1cccc2cc(CN(C[C@@H]3CCCO3)S(=O)(=O)c3cccc(C(F)(F)F)c3)c(=O)[nH]c12. The number of hydrogen-bond donors (Lipinski definition) is 1. The summed E-state index contributed by atoms with van der Waals surface area (Å²) in [6, 6.07) is 10.7. The van der Waals surface area contributed by atoms with Crippen molar-refractivity contribution in [3.63, 3.8) is 0 Å². The fourth-order valence-corrected chi connectivity index (χ4v) is 5.48. The lowest BCUT2D eigenvalue weighted by atomic mass is 10.1. The zero-order valence-electron chi connectivity index (χ0n) is 17.9. The van der Waals surface area contributed by atoms with Crippen molar-refractivity contribution >= 4 is 20.9 Å². The predicted molar refractivity (Wildman–Crippen MR) is 117 cm³/mol. The summed E-state index contributed by atoms with van der Waals surface area (Å²) in [6.07, 6.45) is -3.69. The van der Waals surface area contributed by atoms with Crippen molar-refractivity contribution in [1.29, 1.82) is 0 Å². The van der Waals surface area contributed by atoms with Crippen molar-refractivity contribution in [2.24, 2.45) is 0 Å². The Bertz CT molecular complexity index is 1330. The molecule has 6 nitrogen and oxygen atoms in total. The summed E-state index contributed by atoms with van der Waals surface area (Å²) in [5, 5.41) is 0.734. The van der Waals surface area contributed by atoms with Crippen LogP contribution in [0.1, 0.15) is 29.5 Å². The van der Waals surface area contributed by atoms with Crippen LogP contribution in [0.15, 0.2) is 58.2 Å². The molecule has 33 heavy (non-hydrogen) atoms. The second-order valence-electron chi connectivity index (χ2n) is 8.12. The number of aromatic amines is 1. The molecular formula is C23H23F3N2O4S. The van der Waals surface area contributed by atoms with E-state index in [1.165, 1.54) is 0 Å². The number of halogens is 3. The quantitative estimate of drug-likeness (QED) is 0.573. The van der Waals surface area contributed by atoms with Gasteiger partial charge in [0.25, 0.3) is 5.56 Å². The largest absolute Gasteiger partial charge is 0.416 e. The Kier molecular flexibility index (Phi) is 6.35. The first-order chi connectivity index (χ1) is 15.6. The van der Waals surface area contributed by atoms with E-state index < -0.39 is 38.3 Å². The molecule has 1 aliphatic heterocycles. The fourth-order valence-electron chi connectivity index (χ4n) is 3.98. The summed E-state index contributed by atoms with van der Waals surface area (Å²) < 4.78 is 73.0. The smallest absolute Gasteiger partial charge is 0.377 e. The highest BCUT2D eigenvalue weighted by Gasteiger charge is 2.34. The van der Waals surface area contributed by atoms with Crippen molar-refractivity contribution < 1.29 is 26.3 Å². The number of sulfonamides is 1. The number of nitrogens with zero attached hydrogens (tertiary/aromatic N) is 1. The van der Waals surface area contributed by atoms with Crippen molar-refractivity contribution in [2.45, 2.75) is 43.5 Å². The Labute approximate surface area is 189 Å². The molecule has 1 saturated heterocycles. The number of rotatable bonds is 6. The Morgan fingerprint density at radius 2 is 1.91 bits per heavy atom. The zero-order valence-corrected chi connectivity index (χ0v) is 18.7. The number of ether oxygens (including phenoxy) is 1. The average molecular weight is 481 g/mol. The summed E-state index contributed by atoms with van der Waals surface area (Å²) in [4.78, 5) is 15.1. The lowest BCUT2D eigenvalue weighted by molar-refractivity contribution is -0.137. The van der Waals surface area contributed by atoms with Crippen LogP contribution in [0, 0.1) is 6.92 Å². The van der Waals surface area contributed by atoms with E-state index in [1.54, 1.807) is 12.1 Å². The molecular weight excluding hydrogens is 457 g/mol. The van der Waals surface area contributed by atoms with E-state index in [0.29, 0.717) is 24.6 Å². The van der Waals surface area contributed by atoms with Gasteiger partial charge in [-0.2, -0.15) is 17.5 Å². The summed E-state index contributed by atoms with van der Waals surface area (Å²) in [5.41, 5.74) is 0.205. The van der Waals surface area contributed by atoms with Gasteiger partial charge >= 0.3 is 6.18 Å². The number of aromatic nitrogens is 1. The number of aryl methyl sites for hydroxylation is 1. The van der Waals surface area contributed by atoms with Gasteiger partial charge in [0.1, 0.15) is 0 Å². The third-order valence-corrected chi connectivity index (χ3v) is 7.55. The van der Waals surface area contributed by atoms with Crippen molar-refractivity contribution in [3.05, 3.63) is 75.6 Å². The van der Waals surface area contributed by atoms with E-state index in [0.717, 1.165) is 39.9 Å². The van der Waals surface area contributed by atoms with E-state index in [9.17, 15) is 26.4 Å². The highest BCUT2D eigenvalue weighted by atomic mass is 32.2. The number of benzene rings is 2. The molecule has 0 radical (unpaired) electrons. The van der Waals surface area contributed by atoms with Crippen LogP contribution >= 0.6 is 0 Å². The molecule has 176 valence electrons. The van der Waals surface area contributed by atoms with Crippen molar-refractivity contribution in [3.8, 4) is 0 Å². The number of nitrogens with one attached hydrogen (secondary N) is 1. The Morgan fingerprint density at radius 1 is 1.15 bits per heavy atom. The first-order valence-corrected chi connectivity index (χ1v) is 11.9. The van der Waals surface area contributed by atoms with E-state index in [-0.39, 0.29) is 18.7 Å². The van der Waals surface area contributed by atoms with Crippen LogP contribution in [0.2, 0.25) is 0 Å². The molecule has 1 aliphatic rings. The van der Waals surface area contributed by atoms with Crippen molar-refractivity contribution in [2.75, 3.05) is 13.2 Å². The number of pyridine rings is 1. The molecule has 1 aromatic heterocycles. The Balaban J connectivity index is 1.75. The van der Waals surface area contributed by atoms with Gasteiger partial charge in [-0.05, 0) is 55.0 Å². The minimum absolute atomic E-state index is 0.0656. The number of H-pyrrole nitrogens is 1. The molecule has 2 heterocycles. The maximum atomic E-state index is 13.4. The maximum absolute atomic E-state index is 13.4. The molecule has 10 heteroatoms. The minimum atomic E-state index is -4.68. The van der Waals surface area contributed by atoms with E-state index in [1.807, 2.05) is 19.1 Å². The molecule has 1 N–H and O–H groups in total. The Hall–Kier alpha value is -2.69. The van der Waals surface area contributed by atoms with E-state index >= 15 is 0 Å². The first-order valence-electron chi connectivity index (χ1n) is 10.5. The van der Waals surface area contributed by atoms with Gasteiger partial charge in [-0.3, -0.25) is 4.79 Å². The molecule has 0 aliphatic carbocycles. The van der Waals surface area contributed by atoms with Crippen LogP contribution < -0.4 is 5.56 Å². The molecule has 1 atom stereocenters. The van der Waals surface area contributed by atoms with Gasteiger partial charge in [0.05, 0.1) is 22.1 Å². The van der Waals surface area contributed by atoms with Gasteiger partial charge in [-0.15, -0.1) is 0 Å². The summed E-state index contributed by atoms with van der Waals surface area (Å²) >= 11 is 0. The standard InChI is InChI=1S/C23H23F3N2O4S/c1-15-5-2-6-16-11-17(22(29)27-21(15)16)13-28(14-19-8-4-10-32-19)33(30,31)20-9-3-7-18(12-20)23(24,25)26/h2-3,5-7,9,11-12,19H,4,8,10,13-14H2,1H3,(H,27,29)/t19-/m0/s1. The molecule has 0 unspecified atom stereocenters. The molecule has 0 bridgehead atoms. The molecule has 1 fully saturated rings. The molecule has 2 aromatic carbocycles. The van der Waals surface area contributed by atoms with Gasteiger partial charge < -0.3 is 9.72 Å². The van der Waals surface area contributed by atoms with Crippen molar-refractivity contribution in [1.82, 2.24) is 9.29 Å². The third-order valence-electron chi connectivity index (χ3n) is 5.74. The lowest BCUT2D eigenvalue weighted by Crippen LogP contribution is -2.38. The molecule has 0 spiro atoms. The fraction of sp³-hybridized carbons (Fsp3) is 0.348. The highest BCUT2D eigenvalue weighted by Crippen LogP contribution is 2.32. The number of fused-ring (bicyclic) bond motifs is 1. The summed E-state index contributed by atoms with van der Waals surface area (Å²) in [5.74, 6) is 0. The zero-order chi connectivity index (χ0) is 23.8. The van der Waals surface area contributed by atoms with E-state index in [4.69, 9.17) is 4.74 Å². The van der Waals surface area contributed by atoms with Crippen LogP contribution in [0.5, 0.6) is 0 Å². The maximum Gasteiger partial charge on any atom is 0.416 e. The van der Waals surface area contributed by atoms with Gasteiger partial charge in [0.15, 0.2) is 0 Å². The van der Waals surface area contributed by atoms with Crippen LogP contribution in [0.25, 0.3) is 10.9 Å². The van der Waals surface area contributed by atoms with Crippen LogP contribution in [0.4, 0.5) is 13.2 Å². The predicted octanol–water partition coefficient (Wildman–Crippen LogP) is 4.23. The average Bonchev–Trinajstić information content (AvgIpc) is 3.27. The third kappa shape index (κ3) is 4.97. The first kappa shape index (κ1) is 23.5. The molecule has 3 aromatic rings. The van der Waals surface area contributed by atoms with Gasteiger partial charge in [0, 0.05) is 25.3 Å². The van der Waals surface area contributed by atoms with Gasteiger partial charge in [-0.1, -0.05) is 24.3 Å². The van der Waals surface area contributed by atoms with Gasteiger partial charge in [0.2, 0.25) is 10.0 Å².